The molecule has 7 heteroatoms. The molecule has 5 nitrogen and oxygen atoms in total. The van der Waals surface area contributed by atoms with Crippen molar-refractivity contribution in [1.29, 1.82) is 5.26 Å². The first-order chi connectivity index (χ1) is 9.88. The second kappa shape index (κ2) is 6.10. The van der Waals surface area contributed by atoms with Crippen LogP contribution in [0.15, 0.2) is 23.1 Å². The van der Waals surface area contributed by atoms with Crippen molar-refractivity contribution >= 4 is 10.0 Å². The third-order valence-electron chi connectivity index (χ3n) is 3.88. The molecule has 1 saturated heterocycles. The van der Waals surface area contributed by atoms with Crippen LogP contribution >= 0.6 is 0 Å². The quantitative estimate of drug-likeness (QED) is 0.880. The van der Waals surface area contributed by atoms with Crippen LogP contribution in [-0.4, -0.2) is 28.1 Å². The van der Waals surface area contributed by atoms with E-state index in [0.29, 0.717) is 0 Å². The molecule has 1 aromatic rings. The van der Waals surface area contributed by atoms with Crippen LogP contribution < -0.4 is 10.0 Å². The van der Waals surface area contributed by atoms with E-state index < -0.39 is 21.4 Å². The minimum absolute atomic E-state index is 0.127. The van der Waals surface area contributed by atoms with Crippen molar-refractivity contribution in [3.63, 3.8) is 0 Å². The van der Waals surface area contributed by atoms with Gasteiger partial charge in [-0.2, -0.15) is 5.26 Å². The summed E-state index contributed by atoms with van der Waals surface area (Å²) in [5, 5.41) is 12.2. The molecular formula is C14H18FN3O2S. The highest BCUT2D eigenvalue weighted by Gasteiger charge is 2.29. The predicted molar refractivity (Wildman–Crippen MR) is 76.5 cm³/mol. The molecule has 21 heavy (non-hydrogen) atoms. The van der Waals surface area contributed by atoms with Crippen molar-refractivity contribution in [3.05, 3.63) is 29.6 Å². The fourth-order valence-corrected chi connectivity index (χ4v) is 3.75. The molecule has 1 heterocycles. The number of benzene rings is 1. The highest BCUT2D eigenvalue weighted by atomic mass is 32.2. The maximum absolute atomic E-state index is 13.5. The van der Waals surface area contributed by atoms with Gasteiger partial charge in [0.1, 0.15) is 22.3 Å². The summed E-state index contributed by atoms with van der Waals surface area (Å²) in [6, 6.07) is 5.22. The van der Waals surface area contributed by atoms with Crippen LogP contribution in [0.25, 0.3) is 0 Å². The number of piperidine rings is 1. The number of hydrogen-bond donors (Lipinski definition) is 2. The normalized spacial score (nSPS) is 18.1. The third kappa shape index (κ3) is 3.59. The molecular weight excluding hydrogens is 293 g/mol. The first-order valence-electron chi connectivity index (χ1n) is 6.77. The van der Waals surface area contributed by atoms with E-state index in [-0.39, 0.29) is 16.9 Å². The Morgan fingerprint density at radius 1 is 1.43 bits per heavy atom. The highest BCUT2D eigenvalue weighted by Crippen LogP contribution is 2.27. The van der Waals surface area contributed by atoms with Gasteiger partial charge in [0.05, 0.1) is 0 Å². The fraction of sp³-hybridized carbons (Fsp3) is 0.500. The third-order valence-corrected chi connectivity index (χ3v) is 5.32. The van der Waals surface area contributed by atoms with E-state index in [4.69, 9.17) is 5.26 Å². The number of hydrogen-bond acceptors (Lipinski definition) is 4. The Hall–Kier alpha value is -1.49. The first kappa shape index (κ1) is 15.9. The van der Waals surface area contributed by atoms with Crippen LogP contribution in [0.2, 0.25) is 0 Å². The van der Waals surface area contributed by atoms with E-state index in [1.165, 1.54) is 12.1 Å². The topological polar surface area (TPSA) is 82.0 Å². The molecule has 1 aliphatic heterocycles. The number of nitrogens with zero attached hydrogens (tertiary/aromatic N) is 1. The van der Waals surface area contributed by atoms with Gasteiger partial charge in [0.2, 0.25) is 10.0 Å². The van der Waals surface area contributed by atoms with Gasteiger partial charge in [-0.25, -0.2) is 17.5 Å². The zero-order chi connectivity index (χ0) is 15.5. The molecule has 0 bridgehead atoms. The van der Waals surface area contributed by atoms with Crippen LogP contribution in [0.4, 0.5) is 4.39 Å². The van der Waals surface area contributed by atoms with E-state index in [1.54, 1.807) is 6.07 Å². The Balaban J connectivity index is 2.20. The van der Waals surface area contributed by atoms with Crippen molar-refractivity contribution in [2.75, 3.05) is 19.6 Å². The summed E-state index contributed by atoms with van der Waals surface area (Å²) in [7, 11) is -3.90. The molecule has 1 aromatic carbocycles. The Morgan fingerprint density at radius 2 is 2.10 bits per heavy atom. The van der Waals surface area contributed by atoms with Gasteiger partial charge in [-0.05, 0) is 43.5 Å². The van der Waals surface area contributed by atoms with E-state index in [1.807, 2.05) is 6.92 Å². The number of nitriles is 1. The first-order valence-corrected chi connectivity index (χ1v) is 8.25. The summed E-state index contributed by atoms with van der Waals surface area (Å²) >= 11 is 0. The van der Waals surface area contributed by atoms with Crippen molar-refractivity contribution < 1.29 is 12.8 Å². The van der Waals surface area contributed by atoms with Gasteiger partial charge in [-0.3, -0.25) is 0 Å². The summed E-state index contributed by atoms with van der Waals surface area (Å²) in [5.41, 5.74) is -0.571. The average Bonchev–Trinajstić information content (AvgIpc) is 2.46. The maximum Gasteiger partial charge on any atom is 0.242 e. The number of sulfonamides is 1. The smallest absolute Gasteiger partial charge is 0.242 e. The van der Waals surface area contributed by atoms with Crippen molar-refractivity contribution in [2.24, 2.45) is 5.41 Å². The predicted octanol–water partition coefficient (Wildman–Crippen LogP) is 1.37. The largest absolute Gasteiger partial charge is 0.317 e. The Kier molecular flexibility index (Phi) is 4.61. The lowest BCUT2D eigenvalue weighted by atomic mass is 9.81. The summed E-state index contributed by atoms with van der Waals surface area (Å²) in [6.07, 6.45) is 1.73. The van der Waals surface area contributed by atoms with Gasteiger partial charge in [0, 0.05) is 6.54 Å². The van der Waals surface area contributed by atoms with Gasteiger partial charge in [0.25, 0.3) is 0 Å². The standard InChI is InChI=1S/C14H18FN3O2S/c1-14(5-7-17-8-6-14)10-18-21(19,20)13-4-2-3-12(15)11(13)9-16/h2-4,17-18H,5-8,10H2,1H3. The summed E-state index contributed by atoms with van der Waals surface area (Å²) in [5.74, 6) is -0.826. The second-order valence-electron chi connectivity index (χ2n) is 5.61. The van der Waals surface area contributed by atoms with Crippen LogP contribution in [0, 0.1) is 22.6 Å². The Labute approximate surface area is 124 Å². The molecule has 0 amide bonds. The van der Waals surface area contributed by atoms with Gasteiger partial charge in [0.15, 0.2) is 0 Å². The van der Waals surface area contributed by atoms with Gasteiger partial charge < -0.3 is 5.32 Å². The van der Waals surface area contributed by atoms with E-state index >= 15 is 0 Å². The van der Waals surface area contributed by atoms with Crippen molar-refractivity contribution in [2.45, 2.75) is 24.7 Å². The Bertz CT molecular complexity index is 661. The lowest BCUT2D eigenvalue weighted by molar-refractivity contribution is 0.232. The number of rotatable bonds is 4. The SMILES string of the molecule is CC1(CNS(=O)(=O)c2cccc(F)c2C#N)CCNCC1. The summed E-state index contributed by atoms with van der Waals surface area (Å²) in [6.45, 7) is 3.99. The molecule has 0 unspecified atom stereocenters. The van der Waals surface area contributed by atoms with Gasteiger partial charge in [-0.15, -0.1) is 0 Å². The minimum atomic E-state index is -3.90. The highest BCUT2D eigenvalue weighted by molar-refractivity contribution is 7.89. The number of nitrogens with one attached hydrogen (secondary N) is 2. The second-order valence-corrected chi connectivity index (χ2v) is 7.35. The summed E-state index contributed by atoms with van der Waals surface area (Å²) < 4.78 is 40.7. The molecule has 0 saturated carbocycles. The zero-order valence-electron chi connectivity index (χ0n) is 11.8. The van der Waals surface area contributed by atoms with Crippen LogP contribution in [-0.2, 0) is 10.0 Å². The average molecular weight is 311 g/mol. The monoisotopic (exact) mass is 311 g/mol. The van der Waals surface area contributed by atoms with Crippen LogP contribution in [0.5, 0.6) is 0 Å². The van der Waals surface area contributed by atoms with Crippen molar-refractivity contribution in [1.82, 2.24) is 10.0 Å². The van der Waals surface area contributed by atoms with Crippen LogP contribution in [0.1, 0.15) is 25.3 Å². The van der Waals surface area contributed by atoms with E-state index in [2.05, 4.69) is 10.0 Å². The molecule has 0 atom stereocenters. The molecule has 1 fully saturated rings. The number of halogens is 1. The molecule has 0 spiro atoms. The van der Waals surface area contributed by atoms with Crippen LogP contribution in [0.3, 0.4) is 0 Å². The molecule has 2 rings (SSSR count). The van der Waals surface area contributed by atoms with E-state index in [9.17, 15) is 12.8 Å². The molecule has 2 N–H and O–H groups in total. The maximum atomic E-state index is 13.5. The van der Waals surface area contributed by atoms with Gasteiger partial charge >= 0.3 is 0 Å². The zero-order valence-corrected chi connectivity index (χ0v) is 12.6. The molecule has 0 radical (unpaired) electrons. The minimum Gasteiger partial charge on any atom is -0.317 e. The van der Waals surface area contributed by atoms with E-state index in [0.717, 1.165) is 32.0 Å². The molecule has 114 valence electrons. The molecule has 0 aromatic heterocycles. The lowest BCUT2D eigenvalue weighted by Crippen LogP contribution is -2.43. The molecule has 0 aliphatic carbocycles. The lowest BCUT2D eigenvalue weighted by Gasteiger charge is -2.34. The summed E-state index contributed by atoms with van der Waals surface area (Å²) in [4.78, 5) is -0.303. The van der Waals surface area contributed by atoms with Gasteiger partial charge in [-0.1, -0.05) is 13.0 Å². The Morgan fingerprint density at radius 3 is 2.71 bits per heavy atom. The molecule has 1 aliphatic rings. The van der Waals surface area contributed by atoms with Crippen molar-refractivity contribution in [3.8, 4) is 6.07 Å². The fourth-order valence-electron chi connectivity index (χ4n) is 2.39.